The van der Waals surface area contributed by atoms with Crippen LogP contribution in [0.3, 0.4) is 0 Å². The molecule has 2 fully saturated rings. The van der Waals surface area contributed by atoms with Gasteiger partial charge in [-0.15, -0.1) is 0 Å². The molecule has 12 heteroatoms. The molecule has 186 valence electrons. The molecule has 2 atom stereocenters. The van der Waals surface area contributed by atoms with Gasteiger partial charge in [0.1, 0.15) is 11.9 Å². The van der Waals surface area contributed by atoms with Crippen molar-refractivity contribution in [1.82, 2.24) is 15.2 Å². The molecule has 0 bridgehead atoms. The number of thiazole rings is 1. The van der Waals surface area contributed by atoms with Gasteiger partial charge in [-0.05, 0) is 60.7 Å². The van der Waals surface area contributed by atoms with Crippen molar-refractivity contribution in [2.45, 2.75) is 31.6 Å². The molecule has 1 aliphatic heterocycles. The van der Waals surface area contributed by atoms with Gasteiger partial charge in [-0.25, -0.2) is 14.2 Å². The summed E-state index contributed by atoms with van der Waals surface area (Å²) in [5.41, 5.74) is 2.13. The van der Waals surface area contributed by atoms with Crippen LogP contribution < -0.4 is 16.0 Å². The topological polar surface area (TPSA) is 86.4 Å². The Kier molecular flexibility index (Phi) is 7.51. The van der Waals surface area contributed by atoms with E-state index in [1.54, 1.807) is 0 Å². The first-order chi connectivity index (χ1) is 16.7. The molecule has 3 amide bonds. The van der Waals surface area contributed by atoms with Crippen LogP contribution in [-0.4, -0.2) is 48.1 Å². The maximum absolute atomic E-state index is 13.0. The fraction of sp³-hybridized carbons (Fsp3) is 0.348. The molecule has 1 saturated heterocycles. The van der Waals surface area contributed by atoms with Crippen LogP contribution in [0.15, 0.2) is 42.5 Å². The zero-order valence-electron chi connectivity index (χ0n) is 18.6. The second-order valence-electron chi connectivity index (χ2n) is 8.27. The third-order valence-electron chi connectivity index (χ3n) is 5.86. The minimum Gasteiger partial charge on any atom is -0.340 e. The van der Waals surface area contributed by atoms with E-state index < -0.39 is 12.7 Å². The fourth-order valence-electron chi connectivity index (χ4n) is 4.02. The molecule has 2 aliphatic rings. The van der Waals surface area contributed by atoms with Crippen LogP contribution in [0, 0.1) is 11.7 Å². The van der Waals surface area contributed by atoms with Gasteiger partial charge in [-0.2, -0.15) is 13.2 Å². The van der Waals surface area contributed by atoms with Crippen LogP contribution in [0.4, 0.5) is 33.2 Å². The highest BCUT2D eigenvalue weighted by molar-refractivity contribution is 7.22. The van der Waals surface area contributed by atoms with Crippen molar-refractivity contribution < 1.29 is 27.2 Å². The zero-order chi connectivity index (χ0) is 25.1. The molecule has 3 aromatic rings. The zero-order valence-corrected chi connectivity index (χ0v) is 19.4. The highest BCUT2D eigenvalue weighted by atomic mass is 32.1. The number of carbonyl (C=O) groups is 2. The Balaban J connectivity index is 0.000000672. The SMILES string of the molecule is CN1C(=O)C(c2ccc3nc(NC(=O)Nc4ccc(F)cc4)sc3c2)NCC1C1CC1.FC(F)F. The lowest BCUT2D eigenvalue weighted by Gasteiger charge is -2.38. The molecule has 1 aromatic heterocycles. The quantitative estimate of drug-likeness (QED) is 0.425. The summed E-state index contributed by atoms with van der Waals surface area (Å²) in [4.78, 5) is 31.5. The number of benzene rings is 2. The predicted octanol–water partition coefficient (Wildman–Crippen LogP) is 5.14. The number of alkyl halides is 3. The lowest BCUT2D eigenvalue weighted by molar-refractivity contribution is -0.137. The molecule has 0 spiro atoms. The van der Waals surface area contributed by atoms with Gasteiger partial charge in [0.2, 0.25) is 5.91 Å². The lowest BCUT2D eigenvalue weighted by Crippen LogP contribution is -2.55. The van der Waals surface area contributed by atoms with E-state index >= 15 is 0 Å². The number of anilines is 2. The lowest BCUT2D eigenvalue weighted by atomic mass is 9.99. The van der Waals surface area contributed by atoms with Gasteiger partial charge in [-0.1, -0.05) is 17.4 Å². The highest BCUT2D eigenvalue weighted by Crippen LogP contribution is 2.38. The van der Waals surface area contributed by atoms with Crippen LogP contribution in [0.25, 0.3) is 10.2 Å². The smallest absolute Gasteiger partial charge is 0.340 e. The first-order valence-electron chi connectivity index (χ1n) is 10.9. The number of amides is 3. The van der Waals surface area contributed by atoms with Gasteiger partial charge in [-0.3, -0.25) is 10.1 Å². The summed E-state index contributed by atoms with van der Waals surface area (Å²) < 4.78 is 42.9. The summed E-state index contributed by atoms with van der Waals surface area (Å²) in [6.45, 7) is -2.87. The number of rotatable bonds is 4. The van der Waals surface area contributed by atoms with E-state index in [0.717, 1.165) is 22.3 Å². The molecule has 0 radical (unpaired) electrons. The summed E-state index contributed by atoms with van der Waals surface area (Å²) in [5.74, 6) is 0.346. The number of halogens is 4. The molecule has 2 heterocycles. The number of nitrogens with zero attached hydrogens (tertiary/aromatic N) is 2. The van der Waals surface area contributed by atoms with Crippen LogP contribution in [0.5, 0.6) is 0 Å². The Labute approximate surface area is 202 Å². The predicted molar refractivity (Wildman–Crippen MR) is 126 cm³/mol. The summed E-state index contributed by atoms with van der Waals surface area (Å²) >= 11 is 1.34. The molecule has 1 saturated carbocycles. The normalized spacial score (nSPS) is 19.9. The number of aromatic nitrogens is 1. The first-order valence-corrected chi connectivity index (χ1v) is 11.7. The van der Waals surface area contributed by atoms with E-state index in [-0.39, 0.29) is 23.8 Å². The molecule has 3 N–H and O–H groups in total. The third-order valence-corrected chi connectivity index (χ3v) is 6.79. The Hall–Kier alpha value is -3.25. The van der Waals surface area contributed by atoms with E-state index in [2.05, 4.69) is 20.9 Å². The van der Waals surface area contributed by atoms with E-state index in [9.17, 15) is 27.2 Å². The minimum atomic E-state index is -3.67. The van der Waals surface area contributed by atoms with Gasteiger partial charge >= 0.3 is 12.7 Å². The number of likely N-dealkylation sites (N-methyl/N-ethyl adjacent to an activating group) is 1. The number of hydrogen-bond donors (Lipinski definition) is 3. The van der Waals surface area contributed by atoms with E-state index in [4.69, 9.17) is 0 Å². The summed E-state index contributed by atoms with van der Waals surface area (Å²) in [7, 11) is 1.89. The van der Waals surface area contributed by atoms with Crippen molar-refractivity contribution in [2.75, 3.05) is 24.2 Å². The number of hydrogen-bond acceptors (Lipinski definition) is 5. The maximum Gasteiger partial charge on any atom is 0.379 e. The van der Waals surface area contributed by atoms with Gasteiger partial charge in [0, 0.05) is 25.3 Å². The van der Waals surface area contributed by atoms with Crippen LogP contribution in [0.2, 0.25) is 0 Å². The van der Waals surface area contributed by atoms with E-state index in [1.165, 1.54) is 48.4 Å². The Morgan fingerprint density at radius 3 is 2.49 bits per heavy atom. The third kappa shape index (κ3) is 6.25. The molecule has 5 rings (SSSR count). The van der Waals surface area contributed by atoms with E-state index in [1.807, 2.05) is 30.1 Å². The summed E-state index contributed by atoms with van der Waals surface area (Å²) in [6.07, 6.45) is 2.40. The second-order valence-corrected chi connectivity index (χ2v) is 9.31. The average Bonchev–Trinajstić information content (AvgIpc) is 3.56. The second kappa shape index (κ2) is 10.6. The first kappa shape index (κ1) is 24.9. The Bertz CT molecular complexity index is 1200. The van der Waals surface area contributed by atoms with Gasteiger partial charge in [0.15, 0.2) is 5.13 Å². The number of fused-ring (bicyclic) bond motifs is 1. The van der Waals surface area contributed by atoms with Crippen LogP contribution in [0.1, 0.15) is 24.4 Å². The van der Waals surface area contributed by atoms with Crippen LogP contribution >= 0.6 is 11.3 Å². The van der Waals surface area contributed by atoms with Gasteiger partial charge in [0.25, 0.3) is 0 Å². The van der Waals surface area contributed by atoms with Gasteiger partial charge < -0.3 is 15.5 Å². The molecule has 1 aliphatic carbocycles. The molecule has 7 nitrogen and oxygen atoms in total. The standard InChI is InChI=1S/C22H22FN5O2S.CHF3/c1-28-17(12-2-3-12)11-24-19(20(28)29)13-4-9-16-18(10-13)31-22(26-16)27-21(30)25-15-7-5-14(23)6-8-15;2-1(3)4/h4-10,12,17,19,24H,2-3,11H2,1H3,(H2,25,26,27,30);1H. The molecule has 2 aromatic carbocycles. The average molecular weight is 510 g/mol. The van der Waals surface area contributed by atoms with Crippen molar-refractivity contribution in [3.05, 3.63) is 53.8 Å². The molecular weight excluding hydrogens is 486 g/mol. The van der Waals surface area contributed by atoms with E-state index in [0.29, 0.717) is 16.7 Å². The van der Waals surface area contributed by atoms with Crippen LogP contribution in [-0.2, 0) is 4.79 Å². The molecular formula is C23H23F4N5O2S. The number of piperazine rings is 1. The number of nitrogens with one attached hydrogen (secondary N) is 3. The maximum atomic E-state index is 13.0. The number of carbonyl (C=O) groups excluding carboxylic acids is 2. The van der Waals surface area contributed by atoms with Gasteiger partial charge in [0.05, 0.1) is 10.2 Å². The Morgan fingerprint density at radius 2 is 1.83 bits per heavy atom. The molecule has 35 heavy (non-hydrogen) atoms. The van der Waals surface area contributed by atoms with Crippen molar-refractivity contribution in [1.29, 1.82) is 0 Å². The molecule has 2 unspecified atom stereocenters. The number of urea groups is 1. The van der Waals surface area contributed by atoms with Crippen molar-refractivity contribution in [3.8, 4) is 0 Å². The Morgan fingerprint density at radius 1 is 1.14 bits per heavy atom. The monoisotopic (exact) mass is 509 g/mol. The van der Waals surface area contributed by atoms with Crippen molar-refractivity contribution in [3.63, 3.8) is 0 Å². The van der Waals surface area contributed by atoms with Crippen molar-refractivity contribution >= 4 is 44.3 Å². The summed E-state index contributed by atoms with van der Waals surface area (Å²) in [5, 5.41) is 9.20. The minimum absolute atomic E-state index is 0.0871. The highest BCUT2D eigenvalue weighted by Gasteiger charge is 2.41. The van der Waals surface area contributed by atoms with Crippen molar-refractivity contribution in [2.24, 2.45) is 5.92 Å². The largest absolute Gasteiger partial charge is 0.379 e. The fourth-order valence-corrected chi connectivity index (χ4v) is 4.93. The summed E-state index contributed by atoms with van der Waals surface area (Å²) in [6, 6.07) is 10.7.